The number of carbonyl (C=O) groups is 1. The Morgan fingerprint density at radius 2 is 1.90 bits per heavy atom. The number of carbonyl (C=O) groups excluding carboxylic acids is 1. The summed E-state index contributed by atoms with van der Waals surface area (Å²) in [6, 6.07) is 1.07. The molecule has 2 aliphatic rings. The minimum absolute atomic E-state index is 0.0363. The van der Waals surface area contributed by atoms with Crippen molar-refractivity contribution in [3.63, 3.8) is 0 Å². The van der Waals surface area contributed by atoms with Crippen LogP contribution in [0.25, 0.3) is 0 Å². The predicted molar refractivity (Wildman–Crippen MR) is 82.8 cm³/mol. The van der Waals surface area contributed by atoms with Crippen LogP contribution in [0.5, 0.6) is 0 Å². The molecule has 0 aromatic rings. The monoisotopic (exact) mass is 281 g/mol. The van der Waals surface area contributed by atoms with E-state index in [0.29, 0.717) is 18.0 Å². The van der Waals surface area contributed by atoms with Crippen LogP contribution in [-0.4, -0.2) is 60.0 Å². The molecular weight excluding hydrogens is 250 g/mol. The lowest BCUT2D eigenvalue weighted by Gasteiger charge is -2.44. The second kappa shape index (κ2) is 7.41. The molecular formula is C16H31N3O. The first-order chi connectivity index (χ1) is 9.67. The molecule has 2 saturated heterocycles. The topological polar surface area (TPSA) is 35.6 Å². The minimum Gasteiger partial charge on any atom is -0.341 e. The summed E-state index contributed by atoms with van der Waals surface area (Å²) in [6.07, 6.45) is 5.88. The molecule has 0 bridgehead atoms. The summed E-state index contributed by atoms with van der Waals surface area (Å²) < 4.78 is 0. The highest BCUT2D eigenvalue weighted by Gasteiger charge is 2.34. The molecule has 1 N–H and O–H groups in total. The second-order valence-corrected chi connectivity index (χ2v) is 6.33. The zero-order valence-corrected chi connectivity index (χ0v) is 13.4. The van der Waals surface area contributed by atoms with Crippen molar-refractivity contribution in [1.29, 1.82) is 0 Å². The van der Waals surface area contributed by atoms with E-state index >= 15 is 0 Å². The van der Waals surface area contributed by atoms with Gasteiger partial charge in [-0.2, -0.15) is 0 Å². The number of amides is 1. The molecule has 0 aromatic heterocycles. The third kappa shape index (κ3) is 3.53. The van der Waals surface area contributed by atoms with Crippen LogP contribution in [0.1, 0.15) is 52.9 Å². The third-order valence-corrected chi connectivity index (χ3v) is 5.03. The molecule has 3 unspecified atom stereocenters. The molecule has 116 valence electrons. The average molecular weight is 281 g/mol. The number of piperidine rings is 1. The van der Waals surface area contributed by atoms with Crippen LogP contribution in [0, 0.1) is 0 Å². The van der Waals surface area contributed by atoms with Crippen LogP contribution in [-0.2, 0) is 4.79 Å². The van der Waals surface area contributed by atoms with Crippen molar-refractivity contribution in [2.24, 2.45) is 0 Å². The Labute approximate surface area is 123 Å². The summed E-state index contributed by atoms with van der Waals surface area (Å²) in [4.78, 5) is 17.3. The number of nitrogens with zero attached hydrogens (tertiary/aromatic N) is 2. The van der Waals surface area contributed by atoms with Crippen molar-refractivity contribution >= 4 is 5.91 Å². The number of hydrogen-bond donors (Lipinski definition) is 1. The molecule has 2 aliphatic heterocycles. The smallest absolute Gasteiger partial charge is 0.239 e. The Morgan fingerprint density at radius 3 is 2.50 bits per heavy atom. The number of nitrogens with one attached hydrogen (secondary N) is 1. The van der Waals surface area contributed by atoms with Gasteiger partial charge in [-0.05, 0) is 39.0 Å². The van der Waals surface area contributed by atoms with Gasteiger partial charge in [0.15, 0.2) is 0 Å². The van der Waals surface area contributed by atoms with E-state index < -0.39 is 0 Å². The fourth-order valence-electron chi connectivity index (χ4n) is 3.54. The maximum absolute atomic E-state index is 12.7. The maximum Gasteiger partial charge on any atom is 0.239 e. The quantitative estimate of drug-likeness (QED) is 0.854. The molecule has 0 radical (unpaired) electrons. The molecule has 1 amide bonds. The van der Waals surface area contributed by atoms with Crippen molar-refractivity contribution in [3.8, 4) is 0 Å². The number of likely N-dealkylation sites (tertiary alicyclic amines) is 1. The summed E-state index contributed by atoms with van der Waals surface area (Å²) in [6.45, 7) is 10.5. The Bertz CT molecular complexity index is 315. The maximum atomic E-state index is 12.7. The van der Waals surface area contributed by atoms with Gasteiger partial charge in [0.25, 0.3) is 0 Å². The van der Waals surface area contributed by atoms with Crippen molar-refractivity contribution in [1.82, 2.24) is 15.1 Å². The third-order valence-electron chi connectivity index (χ3n) is 5.03. The Balaban J connectivity index is 2.00. The summed E-state index contributed by atoms with van der Waals surface area (Å²) in [5, 5.41) is 3.61. The average Bonchev–Trinajstić information content (AvgIpc) is 2.53. The van der Waals surface area contributed by atoms with Crippen molar-refractivity contribution in [2.45, 2.75) is 71.0 Å². The summed E-state index contributed by atoms with van der Waals surface area (Å²) in [7, 11) is 0. The molecule has 20 heavy (non-hydrogen) atoms. The zero-order chi connectivity index (χ0) is 14.5. The zero-order valence-electron chi connectivity index (χ0n) is 13.4. The lowest BCUT2D eigenvalue weighted by molar-refractivity contribution is -0.139. The van der Waals surface area contributed by atoms with E-state index in [1.807, 2.05) is 0 Å². The first kappa shape index (κ1) is 15.8. The second-order valence-electron chi connectivity index (χ2n) is 6.33. The van der Waals surface area contributed by atoms with Gasteiger partial charge in [-0.1, -0.05) is 13.8 Å². The highest BCUT2D eigenvalue weighted by Crippen LogP contribution is 2.19. The molecule has 0 aromatic carbocycles. The number of piperazine rings is 1. The number of hydrogen-bond acceptors (Lipinski definition) is 3. The summed E-state index contributed by atoms with van der Waals surface area (Å²) in [5.74, 6) is 0.347. The molecule has 4 heteroatoms. The van der Waals surface area contributed by atoms with Gasteiger partial charge in [0.2, 0.25) is 5.91 Å². The molecule has 0 saturated carbocycles. The normalized spacial score (nSPS) is 30.2. The predicted octanol–water partition coefficient (Wildman–Crippen LogP) is 1.85. The van der Waals surface area contributed by atoms with Crippen LogP contribution in [0.2, 0.25) is 0 Å². The van der Waals surface area contributed by atoms with Crippen molar-refractivity contribution in [2.75, 3.05) is 26.2 Å². The van der Waals surface area contributed by atoms with Gasteiger partial charge in [0.05, 0.1) is 6.04 Å². The molecule has 0 spiro atoms. The highest BCUT2D eigenvalue weighted by molar-refractivity contribution is 5.81. The molecule has 2 rings (SSSR count). The summed E-state index contributed by atoms with van der Waals surface area (Å²) >= 11 is 0. The fourth-order valence-corrected chi connectivity index (χ4v) is 3.54. The summed E-state index contributed by atoms with van der Waals surface area (Å²) in [5.41, 5.74) is 0. The minimum atomic E-state index is 0.0363. The van der Waals surface area contributed by atoms with Crippen LogP contribution in [0.4, 0.5) is 0 Å². The van der Waals surface area contributed by atoms with Gasteiger partial charge < -0.3 is 10.2 Å². The van der Waals surface area contributed by atoms with Gasteiger partial charge in [-0.25, -0.2) is 0 Å². The van der Waals surface area contributed by atoms with E-state index in [1.54, 1.807) is 0 Å². The molecule has 0 aliphatic carbocycles. The lowest BCUT2D eigenvalue weighted by Crippen LogP contribution is -2.61. The SMILES string of the molecule is CCC1CN(C(C)C(=O)N2CCCCC2)C(CC)CN1. The molecule has 3 atom stereocenters. The van der Waals surface area contributed by atoms with Crippen LogP contribution >= 0.6 is 0 Å². The van der Waals surface area contributed by atoms with Gasteiger partial charge in [-0.15, -0.1) is 0 Å². The van der Waals surface area contributed by atoms with E-state index in [9.17, 15) is 4.79 Å². The van der Waals surface area contributed by atoms with Gasteiger partial charge in [-0.3, -0.25) is 9.69 Å². The fraction of sp³-hybridized carbons (Fsp3) is 0.938. The number of rotatable bonds is 4. The van der Waals surface area contributed by atoms with Crippen LogP contribution in [0.3, 0.4) is 0 Å². The van der Waals surface area contributed by atoms with Gasteiger partial charge >= 0.3 is 0 Å². The molecule has 2 fully saturated rings. The van der Waals surface area contributed by atoms with Gasteiger partial charge in [0, 0.05) is 38.3 Å². The first-order valence-corrected chi connectivity index (χ1v) is 8.45. The van der Waals surface area contributed by atoms with Gasteiger partial charge in [0.1, 0.15) is 0 Å². The highest BCUT2D eigenvalue weighted by atomic mass is 16.2. The lowest BCUT2D eigenvalue weighted by atomic mass is 10.0. The van der Waals surface area contributed by atoms with E-state index in [0.717, 1.165) is 39.0 Å². The van der Waals surface area contributed by atoms with E-state index in [4.69, 9.17) is 0 Å². The molecule has 4 nitrogen and oxygen atoms in total. The van der Waals surface area contributed by atoms with E-state index in [-0.39, 0.29) is 6.04 Å². The Hall–Kier alpha value is -0.610. The largest absolute Gasteiger partial charge is 0.341 e. The first-order valence-electron chi connectivity index (χ1n) is 8.45. The molecule has 2 heterocycles. The van der Waals surface area contributed by atoms with Crippen molar-refractivity contribution in [3.05, 3.63) is 0 Å². The van der Waals surface area contributed by atoms with E-state index in [1.165, 1.54) is 19.3 Å². The van der Waals surface area contributed by atoms with Crippen LogP contribution < -0.4 is 5.32 Å². The Kier molecular flexibility index (Phi) is 5.85. The standard InChI is InChI=1S/C16H31N3O/c1-4-14-12-19(15(5-2)11-17-14)13(3)16(20)18-9-7-6-8-10-18/h13-15,17H,4-12H2,1-3H3. The van der Waals surface area contributed by atoms with Crippen molar-refractivity contribution < 1.29 is 4.79 Å². The van der Waals surface area contributed by atoms with Crippen LogP contribution in [0.15, 0.2) is 0 Å². The van der Waals surface area contributed by atoms with E-state index in [2.05, 4.69) is 35.9 Å². The Morgan fingerprint density at radius 1 is 1.20 bits per heavy atom.